The lowest BCUT2D eigenvalue weighted by atomic mass is 9.91. The number of hydrogen-bond acceptors (Lipinski definition) is 3. The van der Waals surface area contributed by atoms with Crippen LogP contribution in [0.4, 0.5) is 0 Å². The van der Waals surface area contributed by atoms with Gasteiger partial charge in [-0.2, -0.15) is 0 Å². The van der Waals surface area contributed by atoms with Crippen molar-refractivity contribution in [3.63, 3.8) is 0 Å². The lowest BCUT2D eigenvalue weighted by Crippen LogP contribution is -2.49. The fourth-order valence-corrected chi connectivity index (χ4v) is 2.04. The number of carbonyl (C=O) groups is 2. The zero-order valence-corrected chi connectivity index (χ0v) is 14.3. The van der Waals surface area contributed by atoms with Crippen molar-refractivity contribution >= 4 is 11.7 Å². The van der Waals surface area contributed by atoms with E-state index in [0.29, 0.717) is 6.42 Å². The van der Waals surface area contributed by atoms with E-state index in [2.05, 4.69) is 10.6 Å². The van der Waals surface area contributed by atoms with Crippen LogP contribution in [0.1, 0.15) is 40.2 Å². The molecule has 1 aromatic rings. The number of ketones is 1. The van der Waals surface area contributed by atoms with E-state index in [1.54, 1.807) is 0 Å². The largest absolute Gasteiger partial charge is 0.348 e. The summed E-state index contributed by atoms with van der Waals surface area (Å²) in [6, 6.07) is 9.74. The molecule has 1 atom stereocenters. The second kappa shape index (κ2) is 8.08. The van der Waals surface area contributed by atoms with Gasteiger partial charge in [0.25, 0.3) is 0 Å². The van der Waals surface area contributed by atoms with E-state index in [1.807, 2.05) is 65.0 Å². The maximum Gasteiger partial charge on any atom is 0.237 e. The van der Waals surface area contributed by atoms with E-state index in [9.17, 15) is 9.59 Å². The molecule has 0 aliphatic rings. The third kappa shape index (κ3) is 6.39. The summed E-state index contributed by atoms with van der Waals surface area (Å²) in [5, 5.41) is 6.03. The molecule has 4 heteroatoms. The van der Waals surface area contributed by atoms with Crippen molar-refractivity contribution in [2.45, 2.75) is 53.1 Å². The third-order valence-electron chi connectivity index (χ3n) is 3.39. The Kier molecular flexibility index (Phi) is 6.75. The Hall–Kier alpha value is -1.68. The van der Waals surface area contributed by atoms with Crippen molar-refractivity contribution in [1.82, 2.24) is 10.6 Å². The molecule has 0 aliphatic carbocycles. The van der Waals surface area contributed by atoms with Gasteiger partial charge in [-0.3, -0.25) is 9.59 Å². The maximum atomic E-state index is 12.4. The van der Waals surface area contributed by atoms with Crippen molar-refractivity contribution in [2.75, 3.05) is 6.54 Å². The van der Waals surface area contributed by atoms with Gasteiger partial charge >= 0.3 is 0 Å². The summed E-state index contributed by atoms with van der Waals surface area (Å²) in [5.41, 5.74) is 0.658. The standard InChI is InChI=1S/C18H28N2O2/c1-13(2)20-15(11-14-9-7-6-8-10-14)17(22)19-12-16(21)18(3,4)5/h6-10,13,15,20H,11-12H2,1-5H3,(H,19,22)/t15-/m0/s1. The van der Waals surface area contributed by atoms with Gasteiger partial charge in [0.2, 0.25) is 5.91 Å². The Balaban J connectivity index is 2.67. The highest BCUT2D eigenvalue weighted by Crippen LogP contribution is 2.13. The van der Waals surface area contributed by atoms with Crippen molar-refractivity contribution < 1.29 is 9.59 Å². The number of rotatable bonds is 7. The average Bonchev–Trinajstić information content (AvgIpc) is 2.43. The minimum absolute atomic E-state index is 0.0314. The molecule has 0 saturated heterocycles. The Morgan fingerprint density at radius 3 is 2.18 bits per heavy atom. The fourth-order valence-electron chi connectivity index (χ4n) is 2.04. The monoisotopic (exact) mass is 304 g/mol. The SMILES string of the molecule is CC(C)N[C@@H](Cc1ccccc1)C(=O)NCC(=O)C(C)(C)C. The molecule has 0 bridgehead atoms. The van der Waals surface area contributed by atoms with Gasteiger partial charge in [-0.05, 0) is 12.0 Å². The van der Waals surface area contributed by atoms with Crippen molar-refractivity contribution in [1.29, 1.82) is 0 Å². The summed E-state index contributed by atoms with van der Waals surface area (Å²) in [4.78, 5) is 24.3. The molecule has 0 radical (unpaired) electrons. The van der Waals surface area contributed by atoms with Crippen LogP contribution in [0.5, 0.6) is 0 Å². The van der Waals surface area contributed by atoms with Crippen molar-refractivity contribution in [2.24, 2.45) is 5.41 Å². The van der Waals surface area contributed by atoms with Gasteiger partial charge in [-0.1, -0.05) is 65.0 Å². The number of hydrogen-bond donors (Lipinski definition) is 2. The van der Waals surface area contributed by atoms with Gasteiger partial charge in [0, 0.05) is 11.5 Å². The first-order valence-corrected chi connectivity index (χ1v) is 7.81. The van der Waals surface area contributed by atoms with Crippen LogP contribution in [0.3, 0.4) is 0 Å². The highest BCUT2D eigenvalue weighted by molar-refractivity contribution is 5.91. The summed E-state index contributed by atoms with van der Waals surface area (Å²) in [5.74, 6) is -0.0981. The van der Waals surface area contributed by atoms with Crippen LogP contribution in [-0.4, -0.2) is 30.3 Å². The van der Waals surface area contributed by atoms with E-state index in [4.69, 9.17) is 0 Å². The summed E-state index contributed by atoms with van der Waals surface area (Å²) in [7, 11) is 0. The van der Waals surface area contributed by atoms with Gasteiger partial charge in [0.1, 0.15) is 0 Å². The van der Waals surface area contributed by atoms with Gasteiger partial charge in [0.15, 0.2) is 5.78 Å². The van der Waals surface area contributed by atoms with Crippen molar-refractivity contribution in [3.8, 4) is 0 Å². The molecule has 1 rings (SSSR count). The second-order valence-corrected chi connectivity index (χ2v) is 6.95. The molecule has 22 heavy (non-hydrogen) atoms. The van der Waals surface area contributed by atoms with Crippen LogP contribution in [0.25, 0.3) is 0 Å². The van der Waals surface area contributed by atoms with Crippen LogP contribution in [0.2, 0.25) is 0 Å². The molecule has 0 unspecified atom stereocenters. The first-order valence-electron chi connectivity index (χ1n) is 7.81. The number of Topliss-reactive ketones (excluding diaryl/α,β-unsaturated/α-hetero) is 1. The molecular weight excluding hydrogens is 276 g/mol. The number of nitrogens with one attached hydrogen (secondary N) is 2. The van der Waals surface area contributed by atoms with Crippen LogP contribution >= 0.6 is 0 Å². The molecule has 0 fully saturated rings. The van der Waals surface area contributed by atoms with E-state index in [1.165, 1.54) is 0 Å². The van der Waals surface area contributed by atoms with E-state index < -0.39 is 5.41 Å². The Morgan fingerprint density at radius 1 is 1.09 bits per heavy atom. The smallest absolute Gasteiger partial charge is 0.237 e. The van der Waals surface area contributed by atoms with Crippen LogP contribution in [0.15, 0.2) is 30.3 Å². The Bertz CT molecular complexity index is 490. The topological polar surface area (TPSA) is 58.2 Å². The molecule has 1 aromatic carbocycles. The van der Waals surface area contributed by atoms with Crippen LogP contribution in [-0.2, 0) is 16.0 Å². The quantitative estimate of drug-likeness (QED) is 0.813. The van der Waals surface area contributed by atoms with Gasteiger partial charge < -0.3 is 10.6 Å². The summed E-state index contributed by atoms with van der Waals surface area (Å²) >= 11 is 0. The number of benzene rings is 1. The predicted octanol–water partition coefficient (Wildman–Crippen LogP) is 2.33. The molecule has 0 spiro atoms. The van der Waals surface area contributed by atoms with Gasteiger partial charge in [-0.15, -0.1) is 0 Å². The first kappa shape index (κ1) is 18.4. The highest BCUT2D eigenvalue weighted by Gasteiger charge is 2.24. The molecule has 1 amide bonds. The molecule has 0 saturated carbocycles. The van der Waals surface area contributed by atoms with Crippen LogP contribution < -0.4 is 10.6 Å². The molecule has 122 valence electrons. The zero-order chi connectivity index (χ0) is 16.8. The minimum atomic E-state index is -0.437. The lowest BCUT2D eigenvalue weighted by Gasteiger charge is -2.22. The first-order chi connectivity index (χ1) is 10.2. The van der Waals surface area contributed by atoms with Crippen LogP contribution in [0, 0.1) is 5.41 Å². The molecule has 0 aromatic heterocycles. The molecule has 4 nitrogen and oxygen atoms in total. The van der Waals surface area contributed by atoms with E-state index >= 15 is 0 Å². The van der Waals surface area contributed by atoms with Gasteiger partial charge in [-0.25, -0.2) is 0 Å². The Morgan fingerprint density at radius 2 is 1.68 bits per heavy atom. The highest BCUT2D eigenvalue weighted by atomic mass is 16.2. The van der Waals surface area contributed by atoms with Crippen molar-refractivity contribution in [3.05, 3.63) is 35.9 Å². The normalized spacial score (nSPS) is 13.0. The summed E-state index contributed by atoms with van der Waals surface area (Å²) < 4.78 is 0. The van der Waals surface area contributed by atoms with E-state index in [0.717, 1.165) is 5.56 Å². The molecular formula is C18H28N2O2. The average molecular weight is 304 g/mol. The molecule has 2 N–H and O–H groups in total. The maximum absolute atomic E-state index is 12.4. The lowest BCUT2D eigenvalue weighted by molar-refractivity contribution is -0.129. The van der Waals surface area contributed by atoms with Gasteiger partial charge in [0.05, 0.1) is 12.6 Å². The zero-order valence-electron chi connectivity index (χ0n) is 14.3. The third-order valence-corrected chi connectivity index (χ3v) is 3.39. The second-order valence-electron chi connectivity index (χ2n) is 6.95. The minimum Gasteiger partial charge on any atom is -0.348 e. The number of carbonyl (C=O) groups excluding carboxylic acids is 2. The molecule has 0 aliphatic heterocycles. The Labute approximate surface area is 133 Å². The van der Waals surface area contributed by atoms with E-state index in [-0.39, 0.29) is 30.3 Å². The predicted molar refractivity (Wildman–Crippen MR) is 89.7 cm³/mol. The number of amides is 1. The fraction of sp³-hybridized carbons (Fsp3) is 0.556. The summed E-state index contributed by atoms with van der Waals surface area (Å²) in [6.45, 7) is 9.66. The molecule has 0 heterocycles. The summed E-state index contributed by atoms with van der Waals surface area (Å²) in [6.07, 6.45) is 0.606.